The molecule has 0 spiro atoms. The monoisotopic (exact) mass is 521 g/mol. The third kappa shape index (κ3) is 4.98. The van der Waals surface area contributed by atoms with Crippen LogP contribution in [0.3, 0.4) is 0 Å². The van der Waals surface area contributed by atoms with Gasteiger partial charge in [-0.1, -0.05) is 84.9 Å². The van der Waals surface area contributed by atoms with Gasteiger partial charge in [0.25, 0.3) is 0 Å². The number of carbonyl (C=O) groups is 2. The Morgan fingerprint density at radius 1 is 0.737 bits per heavy atom. The molecule has 0 saturated carbocycles. The predicted octanol–water partition coefficient (Wildman–Crippen LogP) is 4.85. The van der Waals surface area contributed by atoms with Gasteiger partial charge in [-0.25, -0.2) is 9.59 Å². The minimum atomic E-state index is -2.37. The van der Waals surface area contributed by atoms with Gasteiger partial charge in [-0.15, -0.1) is 0 Å². The quantitative estimate of drug-likeness (QED) is 0.257. The van der Waals surface area contributed by atoms with Crippen molar-refractivity contribution in [1.29, 1.82) is 0 Å². The van der Waals surface area contributed by atoms with Gasteiger partial charge in [-0.3, -0.25) is 0 Å². The van der Waals surface area contributed by atoms with Gasteiger partial charge in [0.15, 0.2) is 0 Å². The van der Waals surface area contributed by atoms with Crippen LogP contribution in [0.2, 0.25) is 0 Å². The van der Waals surface area contributed by atoms with Crippen LogP contribution in [0.15, 0.2) is 133 Å². The van der Waals surface area contributed by atoms with E-state index in [4.69, 9.17) is 4.74 Å². The van der Waals surface area contributed by atoms with Crippen LogP contribution < -0.4 is 26.5 Å². The molecule has 0 bridgehead atoms. The highest BCUT2D eigenvalue weighted by Crippen LogP contribution is 2.57. The van der Waals surface area contributed by atoms with E-state index in [2.05, 4.69) is 47.0 Å². The SMILES string of the molecule is CCOC(=O)C1=C(C[P+](c2ccccc2)(c2ccccc2)c2ccccc2)NC(=O)N[C@H]1c1ccccc1. The van der Waals surface area contributed by atoms with Crippen molar-refractivity contribution in [3.63, 3.8) is 0 Å². The number of amides is 2. The highest BCUT2D eigenvalue weighted by molar-refractivity contribution is 7.95. The van der Waals surface area contributed by atoms with E-state index in [9.17, 15) is 9.59 Å². The van der Waals surface area contributed by atoms with E-state index >= 15 is 0 Å². The van der Waals surface area contributed by atoms with Crippen molar-refractivity contribution in [3.05, 3.63) is 138 Å². The number of rotatable bonds is 8. The fourth-order valence-electron chi connectivity index (χ4n) is 5.09. The molecule has 2 amide bonds. The van der Waals surface area contributed by atoms with E-state index in [0.717, 1.165) is 21.5 Å². The van der Waals surface area contributed by atoms with Crippen molar-refractivity contribution in [2.24, 2.45) is 0 Å². The Morgan fingerprint density at radius 2 is 1.18 bits per heavy atom. The summed E-state index contributed by atoms with van der Waals surface area (Å²) >= 11 is 0. The molecular weight excluding hydrogens is 491 g/mol. The Bertz CT molecular complexity index is 1330. The molecule has 4 aromatic carbocycles. The molecule has 6 heteroatoms. The van der Waals surface area contributed by atoms with Gasteiger partial charge in [-0.2, -0.15) is 0 Å². The van der Waals surface area contributed by atoms with Crippen molar-refractivity contribution < 1.29 is 14.3 Å². The zero-order chi connectivity index (χ0) is 26.4. The maximum atomic E-state index is 13.5. The normalized spacial score (nSPS) is 15.4. The smallest absolute Gasteiger partial charge is 0.338 e. The van der Waals surface area contributed by atoms with Crippen molar-refractivity contribution in [3.8, 4) is 0 Å². The molecule has 5 nitrogen and oxygen atoms in total. The lowest BCUT2D eigenvalue weighted by atomic mass is 9.95. The zero-order valence-electron chi connectivity index (χ0n) is 21.2. The first-order valence-corrected chi connectivity index (χ1v) is 14.7. The molecular formula is C32H30N2O3P+. The summed E-state index contributed by atoms with van der Waals surface area (Å²) in [4.78, 5) is 26.6. The Labute approximate surface area is 223 Å². The van der Waals surface area contributed by atoms with Crippen LogP contribution in [0.5, 0.6) is 0 Å². The van der Waals surface area contributed by atoms with Crippen LogP contribution in [0.4, 0.5) is 4.79 Å². The summed E-state index contributed by atoms with van der Waals surface area (Å²) in [6.07, 6.45) is 0.454. The first-order valence-electron chi connectivity index (χ1n) is 12.7. The molecule has 0 aromatic heterocycles. The molecule has 0 unspecified atom stereocenters. The number of nitrogens with one attached hydrogen (secondary N) is 2. The largest absolute Gasteiger partial charge is 0.463 e. The number of carbonyl (C=O) groups excluding carboxylic acids is 2. The molecule has 0 saturated heterocycles. The molecule has 1 heterocycles. The summed E-state index contributed by atoms with van der Waals surface area (Å²) in [6, 6.07) is 39.8. The first-order chi connectivity index (χ1) is 18.6. The van der Waals surface area contributed by atoms with Gasteiger partial charge in [0.2, 0.25) is 0 Å². The number of benzene rings is 4. The van der Waals surface area contributed by atoms with Crippen LogP contribution in [0.25, 0.3) is 0 Å². The number of allylic oxidation sites excluding steroid dienone is 1. The van der Waals surface area contributed by atoms with Crippen LogP contribution in [0, 0.1) is 0 Å². The second-order valence-corrected chi connectivity index (χ2v) is 12.5. The van der Waals surface area contributed by atoms with Gasteiger partial charge in [-0.05, 0) is 48.9 Å². The number of urea groups is 1. The minimum absolute atomic E-state index is 0.238. The van der Waals surface area contributed by atoms with Crippen molar-refractivity contribution >= 4 is 35.2 Å². The molecule has 1 atom stereocenters. The zero-order valence-corrected chi connectivity index (χ0v) is 22.1. The minimum Gasteiger partial charge on any atom is -0.463 e. The maximum absolute atomic E-state index is 13.5. The van der Waals surface area contributed by atoms with Gasteiger partial charge in [0.1, 0.15) is 29.3 Å². The van der Waals surface area contributed by atoms with E-state index in [1.807, 2.05) is 84.9 Å². The summed E-state index contributed by atoms with van der Waals surface area (Å²) in [7, 11) is -2.37. The highest BCUT2D eigenvalue weighted by Gasteiger charge is 2.48. The van der Waals surface area contributed by atoms with E-state index in [0.29, 0.717) is 17.4 Å². The standard InChI is InChI=1S/C32H29N2O3P/c1-2-37-31(35)29-28(33-32(36)34-30(29)24-15-7-3-8-16-24)23-38(25-17-9-4-10-18-25,26-19-11-5-12-20-26)27-21-13-6-14-22-27/h3-22,30H,2,23H2,1H3,(H-,33,34,35,36)/p+1/t30-/m0/s1. The van der Waals surface area contributed by atoms with Crippen molar-refractivity contribution in [1.82, 2.24) is 10.6 Å². The molecule has 0 radical (unpaired) electrons. The molecule has 5 rings (SSSR count). The van der Waals surface area contributed by atoms with Gasteiger partial charge in [0, 0.05) is 0 Å². The lowest BCUT2D eigenvalue weighted by molar-refractivity contribution is -0.139. The van der Waals surface area contributed by atoms with E-state index in [1.165, 1.54) is 0 Å². The summed E-state index contributed by atoms with van der Waals surface area (Å²) < 4.78 is 5.55. The van der Waals surface area contributed by atoms with Gasteiger partial charge < -0.3 is 15.4 Å². The van der Waals surface area contributed by atoms with E-state index < -0.39 is 19.3 Å². The third-order valence-electron chi connectivity index (χ3n) is 6.77. The Hall–Kier alpha value is -4.21. The first kappa shape index (κ1) is 25.4. The second-order valence-electron chi connectivity index (χ2n) is 9.03. The van der Waals surface area contributed by atoms with Crippen molar-refractivity contribution in [2.75, 3.05) is 12.8 Å². The highest BCUT2D eigenvalue weighted by atomic mass is 31.2. The lowest BCUT2D eigenvalue weighted by Gasteiger charge is -2.33. The average Bonchev–Trinajstić information content (AvgIpc) is 2.97. The lowest BCUT2D eigenvalue weighted by Crippen LogP contribution is -2.48. The molecule has 0 fully saturated rings. The second kappa shape index (κ2) is 11.5. The summed E-state index contributed by atoms with van der Waals surface area (Å²) in [5, 5.41) is 9.48. The summed E-state index contributed by atoms with van der Waals surface area (Å²) in [6.45, 7) is 2.03. The molecule has 1 aliphatic heterocycles. The topological polar surface area (TPSA) is 67.4 Å². The Kier molecular flexibility index (Phi) is 7.67. The molecule has 38 heavy (non-hydrogen) atoms. The van der Waals surface area contributed by atoms with Crippen molar-refractivity contribution in [2.45, 2.75) is 13.0 Å². The summed E-state index contributed by atoms with van der Waals surface area (Å²) in [5.41, 5.74) is 1.85. The fraction of sp³-hybridized carbons (Fsp3) is 0.125. The number of hydrogen-bond donors (Lipinski definition) is 2. The van der Waals surface area contributed by atoms with E-state index in [-0.39, 0.29) is 12.6 Å². The number of esters is 1. The van der Waals surface area contributed by atoms with Gasteiger partial charge >= 0.3 is 12.0 Å². The molecule has 4 aromatic rings. The number of hydrogen-bond acceptors (Lipinski definition) is 3. The molecule has 190 valence electrons. The van der Waals surface area contributed by atoms with Crippen LogP contribution >= 0.6 is 7.26 Å². The van der Waals surface area contributed by atoms with Crippen LogP contribution in [-0.2, 0) is 9.53 Å². The summed E-state index contributed by atoms with van der Waals surface area (Å²) in [5.74, 6) is -0.434. The average molecular weight is 522 g/mol. The molecule has 1 aliphatic rings. The predicted molar refractivity (Wildman–Crippen MR) is 155 cm³/mol. The number of ether oxygens (including phenoxy) is 1. The van der Waals surface area contributed by atoms with Crippen LogP contribution in [-0.4, -0.2) is 24.8 Å². The fourth-order valence-corrected chi connectivity index (χ4v) is 9.30. The third-order valence-corrected chi connectivity index (χ3v) is 11.1. The Morgan fingerprint density at radius 3 is 1.63 bits per heavy atom. The van der Waals surface area contributed by atoms with E-state index in [1.54, 1.807) is 6.92 Å². The Balaban J connectivity index is 1.79. The van der Waals surface area contributed by atoms with Gasteiger partial charge in [0.05, 0.1) is 23.9 Å². The maximum Gasteiger partial charge on any atom is 0.338 e. The molecule has 0 aliphatic carbocycles. The molecule has 2 N–H and O–H groups in total. The van der Waals surface area contributed by atoms with Crippen LogP contribution in [0.1, 0.15) is 18.5 Å².